The van der Waals surface area contributed by atoms with Crippen LogP contribution in [0.25, 0.3) is 0 Å². The summed E-state index contributed by atoms with van der Waals surface area (Å²) in [6, 6.07) is 3.80. The zero-order chi connectivity index (χ0) is 12.3. The molecule has 0 aliphatic heterocycles. The molecule has 1 aromatic rings. The topological polar surface area (TPSA) is 35.2 Å². The van der Waals surface area contributed by atoms with Gasteiger partial charge in [0.1, 0.15) is 5.75 Å². The Morgan fingerprint density at radius 1 is 1.29 bits per heavy atom. The maximum Gasteiger partial charge on any atom is 0.140 e. The van der Waals surface area contributed by atoms with Crippen LogP contribution in [-0.4, -0.2) is 6.10 Å². The molecule has 3 heteroatoms. The summed E-state index contributed by atoms with van der Waals surface area (Å²) in [4.78, 5) is 0. The van der Waals surface area contributed by atoms with E-state index < -0.39 is 0 Å². The highest BCUT2D eigenvalue weighted by atomic mass is 35.5. The summed E-state index contributed by atoms with van der Waals surface area (Å²) in [5, 5.41) is 0.682. The fraction of sp³-hybridized carbons (Fsp3) is 0.571. The zero-order valence-electron chi connectivity index (χ0n) is 10.3. The molecule has 17 heavy (non-hydrogen) atoms. The molecule has 1 aliphatic rings. The van der Waals surface area contributed by atoms with Gasteiger partial charge in [0.25, 0.3) is 0 Å². The predicted octanol–water partition coefficient (Wildman–Crippen LogP) is 4.20. The molecule has 2 nitrogen and oxygen atoms in total. The van der Waals surface area contributed by atoms with Crippen LogP contribution in [0.15, 0.2) is 12.1 Å². The lowest BCUT2D eigenvalue weighted by atomic mass is 9.98. The van der Waals surface area contributed by atoms with Gasteiger partial charge in [-0.2, -0.15) is 0 Å². The lowest BCUT2D eigenvalue weighted by Gasteiger charge is -2.24. The quantitative estimate of drug-likeness (QED) is 0.820. The SMILES string of the molecule is CCc1cc(Cl)c(OC2CCCCC2)cc1N. The Labute approximate surface area is 108 Å². The molecule has 0 atom stereocenters. The van der Waals surface area contributed by atoms with Crippen molar-refractivity contribution in [1.29, 1.82) is 0 Å². The van der Waals surface area contributed by atoms with Crippen LogP contribution >= 0.6 is 11.6 Å². The van der Waals surface area contributed by atoms with E-state index in [1.165, 1.54) is 19.3 Å². The minimum absolute atomic E-state index is 0.313. The minimum atomic E-state index is 0.313. The Hall–Kier alpha value is -0.890. The molecule has 94 valence electrons. The summed E-state index contributed by atoms with van der Waals surface area (Å²) in [7, 11) is 0. The molecule has 1 aromatic carbocycles. The highest BCUT2D eigenvalue weighted by Crippen LogP contribution is 2.33. The molecule has 0 amide bonds. The van der Waals surface area contributed by atoms with Crippen LogP contribution in [0, 0.1) is 0 Å². The first-order valence-electron chi connectivity index (χ1n) is 6.45. The molecular weight excluding hydrogens is 234 g/mol. The average Bonchev–Trinajstić information content (AvgIpc) is 2.34. The first-order chi connectivity index (χ1) is 8.20. The highest BCUT2D eigenvalue weighted by Gasteiger charge is 2.16. The molecular formula is C14H20ClNO. The molecule has 1 aliphatic carbocycles. The van der Waals surface area contributed by atoms with Crippen molar-refractivity contribution >= 4 is 17.3 Å². The van der Waals surface area contributed by atoms with Gasteiger partial charge in [-0.15, -0.1) is 0 Å². The molecule has 0 bridgehead atoms. The van der Waals surface area contributed by atoms with E-state index >= 15 is 0 Å². The Kier molecular flexibility index (Phi) is 4.16. The molecule has 2 N–H and O–H groups in total. The van der Waals surface area contributed by atoms with E-state index in [1.807, 2.05) is 12.1 Å². The van der Waals surface area contributed by atoms with Crippen LogP contribution in [-0.2, 0) is 6.42 Å². The first-order valence-corrected chi connectivity index (χ1v) is 6.83. The van der Waals surface area contributed by atoms with Gasteiger partial charge in [-0.25, -0.2) is 0 Å². The molecule has 0 spiro atoms. The fourth-order valence-electron chi connectivity index (χ4n) is 2.37. The van der Waals surface area contributed by atoms with Gasteiger partial charge in [-0.3, -0.25) is 0 Å². The number of rotatable bonds is 3. The summed E-state index contributed by atoms with van der Waals surface area (Å²) in [5.41, 5.74) is 7.84. The maximum absolute atomic E-state index is 6.22. The van der Waals surface area contributed by atoms with Crippen molar-refractivity contribution in [2.75, 3.05) is 5.73 Å². The van der Waals surface area contributed by atoms with Crippen LogP contribution in [0.4, 0.5) is 5.69 Å². The summed E-state index contributed by atoms with van der Waals surface area (Å²) >= 11 is 6.22. The minimum Gasteiger partial charge on any atom is -0.489 e. The number of nitrogen functional groups attached to an aromatic ring is 1. The average molecular weight is 254 g/mol. The number of ether oxygens (including phenoxy) is 1. The summed E-state index contributed by atoms with van der Waals surface area (Å²) in [6.45, 7) is 2.07. The van der Waals surface area contributed by atoms with Gasteiger partial charge in [0, 0.05) is 11.8 Å². The van der Waals surface area contributed by atoms with Crippen LogP contribution in [0.5, 0.6) is 5.75 Å². The number of anilines is 1. The van der Waals surface area contributed by atoms with Gasteiger partial charge in [0.2, 0.25) is 0 Å². The van der Waals surface area contributed by atoms with Crippen molar-refractivity contribution in [3.8, 4) is 5.75 Å². The second-order valence-corrected chi connectivity index (χ2v) is 5.12. The summed E-state index contributed by atoms with van der Waals surface area (Å²) in [5.74, 6) is 0.744. The van der Waals surface area contributed by atoms with Gasteiger partial charge in [0.15, 0.2) is 0 Å². The number of hydrogen-bond donors (Lipinski definition) is 1. The van der Waals surface area contributed by atoms with Gasteiger partial charge >= 0.3 is 0 Å². The van der Waals surface area contributed by atoms with Crippen LogP contribution in [0.2, 0.25) is 5.02 Å². The number of halogens is 1. The first kappa shape index (κ1) is 12.6. The zero-order valence-corrected chi connectivity index (χ0v) is 11.1. The maximum atomic E-state index is 6.22. The van der Waals surface area contributed by atoms with E-state index in [4.69, 9.17) is 22.1 Å². The van der Waals surface area contributed by atoms with Crippen molar-refractivity contribution in [2.45, 2.75) is 51.6 Å². The van der Waals surface area contributed by atoms with E-state index in [-0.39, 0.29) is 0 Å². The highest BCUT2D eigenvalue weighted by molar-refractivity contribution is 6.32. The van der Waals surface area contributed by atoms with Crippen molar-refractivity contribution in [3.05, 3.63) is 22.7 Å². The van der Waals surface area contributed by atoms with E-state index in [0.29, 0.717) is 11.1 Å². The second-order valence-electron chi connectivity index (χ2n) is 4.71. The van der Waals surface area contributed by atoms with Crippen LogP contribution in [0.3, 0.4) is 0 Å². The molecule has 1 saturated carbocycles. The molecule has 0 aromatic heterocycles. The van der Waals surface area contributed by atoms with Gasteiger partial charge < -0.3 is 10.5 Å². The molecule has 0 heterocycles. The lowest BCUT2D eigenvalue weighted by Crippen LogP contribution is -2.19. The Bertz CT molecular complexity index is 386. The van der Waals surface area contributed by atoms with Gasteiger partial charge in [0.05, 0.1) is 11.1 Å². The monoisotopic (exact) mass is 253 g/mol. The fourth-order valence-corrected chi connectivity index (χ4v) is 2.60. The van der Waals surface area contributed by atoms with Crippen molar-refractivity contribution in [1.82, 2.24) is 0 Å². The van der Waals surface area contributed by atoms with E-state index in [1.54, 1.807) is 0 Å². The van der Waals surface area contributed by atoms with E-state index in [9.17, 15) is 0 Å². The molecule has 0 saturated heterocycles. The third-order valence-electron chi connectivity index (χ3n) is 3.42. The second kappa shape index (κ2) is 5.63. The number of nitrogens with two attached hydrogens (primary N) is 1. The molecule has 2 rings (SSSR count). The summed E-state index contributed by atoms with van der Waals surface area (Å²) < 4.78 is 5.95. The number of aryl methyl sites for hydroxylation is 1. The Morgan fingerprint density at radius 3 is 2.65 bits per heavy atom. The third kappa shape index (κ3) is 3.06. The standard InChI is InChI=1S/C14H20ClNO/c1-2-10-8-12(15)14(9-13(10)16)17-11-6-4-3-5-7-11/h8-9,11H,2-7,16H2,1H3. The van der Waals surface area contributed by atoms with Crippen molar-refractivity contribution in [3.63, 3.8) is 0 Å². The normalized spacial score (nSPS) is 17.1. The molecule has 0 radical (unpaired) electrons. The molecule has 0 unspecified atom stereocenters. The van der Waals surface area contributed by atoms with Crippen LogP contribution in [0.1, 0.15) is 44.6 Å². The Morgan fingerprint density at radius 2 is 2.00 bits per heavy atom. The van der Waals surface area contributed by atoms with E-state index in [2.05, 4.69) is 6.92 Å². The largest absolute Gasteiger partial charge is 0.489 e. The van der Waals surface area contributed by atoms with E-state index in [0.717, 1.165) is 36.3 Å². The summed E-state index contributed by atoms with van der Waals surface area (Å²) in [6.07, 6.45) is 7.31. The number of benzene rings is 1. The lowest BCUT2D eigenvalue weighted by molar-refractivity contribution is 0.155. The molecule has 1 fully saturated rings. The van der Waals surface area contributed by atoms with Crippen LogP contribution < -0.4 is 10.5 Å². The smallest absolute Gasteiger partial charge is 0.140 e. The predicted molar refractivity (Wildman–Crippen MR) is 72.7 cm³/mol. The van der Waals surface area contributed by atoms with Gasteiger partial charge in [-0.1, -0.05) is 24.9 Å². The van der Waals surface area contributed by atoms with Gasteiger partial charge in [-0.05, 0) is 43.7 Å². The van der Waals surface area contributed by atoms with Crippen molar-refractivity contribution < 1.29 is 4.74 Å². The third-order valence-corrected chi connectivity index (χ3v) is 3.72. The van der Waals surface area contributed by atoms with Crippen molar-refractivity contribution in [2.24, 2.45) is 0 Å². The number of hydrogen-bond acceptors (Lipinski definition) is 2. The Balaban J connectivity index is 2.12.